The van der Waals surface area contributed by atoms with Crippen molar-refractivity contribution >= 4 is 5.71 Å². The summed E-state index contributed by atoms with van der Waals surface area (Å²) in [5.74, 6) is 1.06. The van der Waals surface area contributed by atoms with Crippen molar-refractivity contribution in [2.75, 3.05) is 0 Å². The molecule has 1 aromatic rings. The zero-order chi connectivity index (χ0) is 9.54. The maximum Gasteiger partial charge on any atom is 0.137 e. The molecule has 0 amide bonds. The fourth-order valence-electron chi connectivity index (χ4n) is 2.91. The molecular weight excluding hydrogens is 180 g/mol. The van der Waals surface area contributed by atoms with Gasteiger partial charge in [0.05, 0.1) is 11.8 Å². The van der Waals surface area contributed by atoms with Crippen LogP contribution in [0, 0.1) is 11.8 Å². The van der Waals surface area contributed by atoms with E-state index in [0.29, 0.717) is 11.8 Å². The minimum absolute atomic E-state index is 0.154. The predicted molar refractivity (Wildman–Crippen MR) is 49.1 cm³/mol. The third-order valence-corrected chi connectivity index (χ3v) is 3.48. The molecular formula is C9H12N4O. The van der Waals surface area contributed by atoms with Gasteiger partial charge in [0.2, 0.25) is 0 Å². The number of nitrogens with zero attached hydrogens (tertiary/aromatic N) is 4. The van der Waals surface area contributed by atoms with Gasteiger partial charge in [-0.15, -0.1) is 0 Å². The highest BCUT2D eigenvalue weighted by Crippen LogP contribution is 2.48. The standard InChI is InChI=1S/C9H12N4O/c14-12-8-6-1-2-7(3-6)9(8)13-5-10-4-11-13/h4-7,9,14H,1-3H2/b12-8+/t6-,7+,9-/m0/s1. The maximum absolute atomic E-state index is 8.98. The van der Waals surface area contributed by atoms with E-state index in [2.05, 4.69) is 15.2 Å². The number of oxime groups is 1. The van der Waals surface area contributed by atoms with Crippen LogP contribution >= 0.6 is 0 Å². The molecule has 3 atom stereocenters. The van der Waals surface area contributed by atoms with Crippen molar-refractivity contribution in [2.24, 2.45) is 17.0 Å². The Balaban J connectivity index is 2.00. The molecule has 0 aliphatic heterocycles. The predicted octanol–water partition coefficient (Wildman–Crippen LogP) is 1.08. The molecule has 2 bridgehead atoms. The van der Waals surface area contributed by atoms with E-state index >= 15 is 0 Å². The summed E-state index contributed by atoms with van der Waals surface area (Å²) in [7, 11) is 0. The summed E-state index contributed by atoms with van der Waals surface area (Å²) in [5, 5.41) is 16.5. The summed E-state index contributed by atoms with van der Waals surface area (Å²) in [4.78, 5) is 3.93. The van der Waals surface area contributed by atoms with Gasteiger partial charge in [-0.1, -0.05) is 5.16 Å². The minimum atomic E-state index is 0.154. The molecule has 0 aromatic carbocycles. The third-order valence-electron chi connectivity index (χ3n) is 3.48. The Kier molecular flexibility index (Phi) is 1.59. The van der Waals surface area contributed by atoms with Crippen LogP contribution in [0.1, 0.15) is 25.3 Å². The average Bonchev–Trinajstić information content (AvgIpc) is 2.92. The number of rotatable bonds is 1. The molecule has 1 aromatic heterocycles. The maximum atomic E-state index is 8.98. The van der Waals surface area contributed by atoms with Crippen molar-refractivity contribution in [3.05, 3.63) is 12.7 Å². The average molecular weight is 192 g/mol. The Morgan fingerprint density at radius 3 is 3.14 bits per heavy atom. The number of fused-ring (bicyclic) bond motifs is 2. The van der Waals surface area contributed by atoms with Gasteiger partial charge in [0.25, 0.3) is 0 Å². The van der Waals surface area contributed by atoms with E-state index in [-0.39, 0.29) is 6.04 Å². The Morgan fingerprint density at radius 2 is 2.43 bits per heavy atom. The second-order valence-corrected chi connectivity index (χ2v) is 4.12. The Labute approximate surface area is 81.4 Å². The summed E-state index contributed by atoms with van der Waals surface area (Å²) in [6, 6.07) is 0.154. The van der Waals surface area contributed by atoms with Crippen LogP contribution in [0.2, 0.25) is 0 Å². The zero-order valence-corrected chi connectivity index (χ0v) is 7.74. The first kappa shape index (κ1) is 7.96. The second-order valence-electron chi connectivity index (χ2n) is 4.12. The zero-order valence-electron chi connectivity index (χ0n) is 7.74. The molecule has 2 aliphatic carbocycles. The molecule has 0 spiro atoms. The van der Waals surface area contributed by atoms with Crippen LogP contribution in [0.5, 0.6) is 0 Å². The van der Waals surface area contributed by atoms with Crippen molar-refractivity contribution < 1.29 is 5.21 Å². The van der Waals surface area contributed by atoms with Gasteiger partial charge in [-0.05, 0) is 25.2 Å². The Hall–Kier alpha value is -1.39. The van der Waals surface area contributed by atoms with E-state index in [1.165, 1.54) is 12.7 Å². The highest BCUT2D eigenvalue weighted by atomic mass is 16.4. The lowest BCUT2D eigenvalue weighted by Crippen LogP contribution is -2.26. The fourth-order valence-corrected chi connectivity index (χ4v) is 2.91. The highest BCUT2D eigenvalue weighted by Gasteiger charge is 2.46. The van der Waals surface area contributed by atoms with Gasteiger partial charge >= 0.3 is 0 Å². The first-order chi connectivity index (χ1) is 6.90. The summed E-state index contributed by atoms with van der Waals surface area (Å²) >= 11 is 0. The first-order valence-corrected chi connectivity index (χ1v) is 4.96. The van der Waals surface area contributed by atoms with Crippen LogP contribution < -0.4 is 0 Å². The monoisotopic (exact) mass is 192 g/mol. The lowest BCUT2D eigenvalue weighted by atomic mass is 9.93. The summed E-state index contributed by atoms with van der Waals surface area (Å²) in [6.45, 7) is 0. The Bertz CT molecular complexity index is 359. The lowest BCUT2D eigenvalue weighted by Gasteiger charge is -2.22. The van der Waals surface area contributed by atoms with E-state index in [1.54, 1.807) is 6.33 Å². The largest absolute Gasteiger partial charge is 0.411 e. The second kappa shape index (κ2) is 2.80. The van der Waals surface area contributed by atoms with Crippen LogP contribution in [-0.4, -0.2) is 25.7 Å². The molecule has 5 nitrogen and oxygen atoms in total. The van der Waals surface area contributed by atoms with Crippen LogP contribution in [0.15, 0.2) is 17.8 Å². The minimum Gasteiger partial charge on any atom is -0.411 e. The van der Waals surface area contributed by atoms with Crippen LogP contribution in [0.3, 0.4) is 0 Å². The van der Waals surface area contributed by atoms with Crippen molar-refractivity contribution in [1.82, 2.24) is 14.8 Å². The topological polar surface area (TPSA) is 63.3 Å². The van der Waals surface area contributed by atoms with E-state index in [1.807, 2.05) is 4.68 Å². The molecule has 14 heavy (non-hydrogen) atoms. The molecule has 1 heterocycles. The van der Waals surface area contributed by atoms with Gasteiger partial charge in [-0.3, -0.25) is 0 Å². The number of hydrogen-bond acceptors (Lipinski definition) is 4. The van der Waals surface area contributed by atoms with Gasteiger partial charge < -0.3 is 5.21 Å². The molecule has 1 N–H and O–H groups in total. The number of hydrogen-bond donors (Lipinski definition) is 1. The molecule has 0 unspecified atom stereocenters. The van der Waals surface area contributed by atoms with Gasteiger partial charge in [0, 0.05) is 5.92 Å². The summed E-state index contributed by atoms with van der Waals surface area (Å²) in [6.07, 6.45) is 6.75. The van der Waals surface area contributed by atoms with Gasteiger partial charge in [0.1, 0.15) is 12.7 Å². The molecule has 0 saturated heterocycles. The normalized spacial score (nSPS) is 38.3. The fraction of sp³-hybridized carbons (Fsp3) is 0.667. The SMILES string of the molecule is O/N=C1\[C@H]2CC[C@H](C2)[C@@H]1n1cncn1. The van der Waals surface area contributed by atoms with Crippen molar-refractivity contribution in [3.8, 4) is 0 Å². The van der Waals surface area contributed by atoms with E-state index in [0.717, 1.165) is 18.6 Å². The summed E-state index contributed by atoms with van der Waals surface area (Å²) in [5.41, 5.74) is 0.895. The third kappa shape index (κ3) is 0.921. The molecule has 74 valence electrons. The molecule has 5 heteroatoms. The van der Waals surface area contributed by atoms with Crippen molar-refractivity contribution in [3.63, 3.8) is 0 Å². The lowest BCUT2D eigenvalue weighted by molar-refractivity contribution is 0.304. The van der Waals surface area contributed by atoms with E-state index in [4.69, 9.17) is 5.21 Å². The highest BCUT2D eigenvalue weighted by molar-refractivity contribution is 5.93. The van der Waals surface area contributed by atoms with Crippen molar-refractivity contribution in [1.29, 1.82) is 0 Å². The molecule has 2 saturated carbocycles. The van der Waals surface area contributed by atoms with Gasteiger partial charge in [0.15, 0.2) is 0 Å². The number of aromatic nitrogens is 3. The van der Waals surface area contributed by atoms with Crippen LogP contribution in [0.4, 0.5) is 0 Å². The van der Waals surface area contributed by atoms with Crippen LogP contribution in [-0.2, 0) is 0 Å². The van der Waals surface area contributed by atoms with Gasteiger partial charge in [-0.2, -0.15) is 5.10 Å². The Morgan fingerprint density at radius 1 is 1.50 bits per heavy atom. The molecule has 2 aliphatic rings. The van der Waals surface area contributed by atoms with E-state index in [9.17, 15) is 0 Å². The molecule has 0 radical (unpaired) electrons. The van der Waals surface area contributed by atoms with Gasteiger partial charge in [-0.25, -0.2) is 9.67 Å². The first-order valence-electron chi connectivity index (χ1n) is 4.96. The quantitative estimate of drug-likeness (QED) is 0.535. The van der Waals surface area contributed by atoms with Crippen LogP contribution in [0.25, 0.3) is 0 Å². The molecule has 3 rings (SSSR count). The molecule has 2 fully saturated rings. The van der Waals surface area contributed by atoms with Crippen molar-refractivity contribution in [2.45, 2.75) is 25.3 Å². The smallest absolute Gasteiger partial charge is 0.137 e. The van der Waals surface area contributed by atoms with E-state index < -0.39 is 0 Å². The summed E-state index contributed by atoms with van der Waals surface area (Å²) < 4.78 is 1.82.